The molecule has 2 rings (SSSR count). The van der Waals surface area contributed by atoms with Crippen LogP contribution in [-0.2, 0) is 26.8 Å². The van der Waals surface area contributed by atoms with E-state index in [1.54, 1.807) is 6.07 Å². The first kappa shape index (κ1) is 23.3. The normalized spacial score (nSPS) is 11.7. The molecule has 0 spiro atoms. The van der Waals surface area contributed by atoms with Crippen LogP contribution in [-0.4, -0.2) is 32.7 Å². The molecule has 0 bridgehead atoms. The van der Waals surface area contributed by atoms with E-state index in [2.05, 4.69) is 21.6 Å². The number of rotatable bonds is 7. The maximum absolute atomic E-state index is 14.1. The minimum atomic E-state index is -3.59. The number of nitrogens with zero attached hydrogens (tertiary/aromatic N) is 1. The second-order valence-corrected chi connectivity index (χ2v) is 9.60. The summed E-state index contributed by atoms with van der Waals surface area (Å²) in [6.45, 7) is 9.92. The van der Waals surface area contributed by atoms with Gasteiger partial charge in [0.1, 0.15) is 5.82 Å². The monoisotopic (exact) mass is 435 g/mol. The molecule has 0 saturated carbocycles. The van der Waals surface area contributed by atoms with Crippen LogP contribution in [0.5, 0.6) is 5.88 Å². The van der Waals surface area contributed by atoms with Gasteiger partial charge in [-0.3, -0.25) is 9.52 Å². The lowest BCUT2D eigenvalue weighted by Gasteiger charge is -2.20. The molecule has 30 heavy (non-hydrogen) atoms. The second kappa shape index (κ2) is 8.83. The number of hydrogen-bond acceptors (Lipinski definition) is 5. The average Bonchev–Trinajstić information content (AvgIpc) is 2.65. The van der Waals surface area contributed by atoms with Gasteiger partial charge in [0.2, 0.25) is 15.9 Å². The molecule has 0 aliphatic rings. The molecule has 9 heteroatoms. The van der Waals surface area contributed by atoms with Gasteiger partial charge in [-0.05, 0) is 29.8 Å². The third-order valence-electron chi connectivity index (χ3n) is 4.20. The fraction of sp³-hybridized carbons (Fsp3) is 0.333. The Labute approximate surface area is 176 Å². The Kier molecular flexibility index (Phi) is 6.87. The summed E-state index contributed by atoms with van der Waals surface area (Å²) in [6.07, 6.45) is 0.934. The van der Waals surface area contributed by atoms with Crippen LogP contribution in [0.4, 0.5) is 10.1 Å². The van der Waals surface area contributed by atoms with Gasteiger partial charge in [0.15, 0.2) is 0 Å². The van der Waals surface area contributed by atoms with Crippen LogP contribution in [0.1, 0.15) is 37.6 Å². The number of sulfonamides is 1. The van der Waals surface area contributed by atoms with Crippen LogP contribution < -0.4 is 14.8 Å². The first-order valence-corrected chi connectivity index (χ1v) is 11.0. The van der Waals surface area contributed by atoms with Gasteiger partial charge in [-0.2, -0.15) is 0 Å². The molecule has 0 atom stereocenters. The Hall–Kier alpha value is -2.94. The Bertz CT molecular complexity index is 1080. The average molecular weight is 436 g/mol. The van der Waals surface area contributed by atoms with E-state index < -0.39 is 21.7 Å². The number of nitrogens with one attached hydrogen (secondary N) is 2. The Balaban J connectivity index is 2.12. The molecule has 2 aromatic rings. The highest BCUT2D eigenvalue weighted by Crippen LogP contribution is 2.28. The second-order valence-electron chi connectivity index (χ2n) is 7.85. The molecule has 7 nitrogen and oxygen atoms in total. The topological polar surface area (TPSA) is 97.4 Å². The van der Waals surface area contributed by atoms with E-state index in [0.717, 1.165) is 18.0 Å². The van der Waals surface area contributed by atoms with E-state index in [1.807, 2.05) is 26.8 Å². The first-order chi connectivity index (χ1) is 13.8. The summed E-state index contributed by atoms with van der Waals surface area (Å²) in [6, 6.07) is 7.51. The molecule has 0 fully saturated rings. The molecule has 1 amide bonds. The number of aromatic nitrogens is 1. The van der Waals surface area contributed by atoms with Crippen LogP contribution in [0.25, 0.3) is 5.57 Å². The van der Waals surface area contributed by atoms with Crippen LogP contribution in [0.15, 0.2) is 36.9 Å². The summed E-state index contributed by atoms with van der Waals surface area (Å²) in [5, 5.41) is 2.66. The maximum atomic E-state index is 14.1. The lowest BCUT2D eigenvalue weighted by atomic mass is 9.91. The van der Waals surface area contributed by atoms with Crippen molar-refractivity contribution in [1.82, 2.24) is 10.3 Å². The van der Waals surface area contributed by atoms with Crippen molar-refractivity contribution in [3.8, 4) is 5.88 Å². The molecule has 0 aliphatic heterocycles. The van der Waals surface area contributed by atoms with Gasteiger partial charge in [-0.25, -0.2) is 17.8 Å². The summed E-state index contributed by atoms with van der Waals surface area (Å²) in [7, 11) is -2.12. The molecule has 1 aromatic heterocycles. The van der Waals surface area contributed by atoms with Crippen molar-refractivity contribution in [2.24, 2.45) is 0 Å². The fourth-order valence-corrected chi connectivity index (χ4v) is 3.17. The maximum Gasteiger partial charge on any atom is 0.251 e. The number of ether oxygens (including phenoxy) is 1. The van der Waals surface area contributed by atoms with Crippen molar-refractivity contribution in [2.75, 3.05) is 18.1 Å². The number of carbonyl (C=O) groups excluding carboxylic acids is 1. The molecular weight excluding hydrogens is 409 g/mol. The van der Waals surface area contributed by atoms with Crippen molar-refractivity contribution in [2.45, 2.75) is 32.7 Å². The zero-order valence-electron chi connectivity index (χ0n) is 17.7. The number of pyridine rings is 1. The Morgan fingerprint density at radius 3 is 2.43 bits per heavy atom. The summed E-state index contributed by atoms with van der Waals surface area (Å²) in [5.74, 6) is -0.906. The quantitative estimate of drug-likeness (QED) is 0.651. The van der Waals surface area contributed by atoms with Gasteiger partial charge in [0, 0.05) is 28.8 Å². The number of halogens is 1. The van der Waals surface area contributed by atoms with Crippen LogP contribution >= 0.6 is 0 Å². The van der Waals surface area contributed by atoms with Gasteiger partial charge in [-0.1, -0.05) is 33.4 Å². The number of carbonyl (C=O) groups is 1. The van der Waals surface area contributed by atoms with E-state index >= 15 is 0 Å². The van der Waals surface area contributed by atoms with Crippen molar-refractivity contribution in [3.05, 3.63) is 59.5 Å². The van der Waals surface area contributed by atoms with Crippen LogP contribution in [0.3, 0.4) is 0 Å². The SMILES string of the molecule is C=C(C(=O)NCc1ccc(NS(C)(=O)=O)c(F)c1)c1ccc(C(C)(C)C)nc1OC. The van der Waals surface area contributed by atoms with Crippen molar-refractivity contribution < 1.29 is 22.3 Å². The van der Waals surface area contributed by atoms with Gasteiger partial charge >= 0.3 is 0 Å². The molecule has 2 N–H and O–H groups in total. The molecule has 0 aliphatic carbocycles. The van der Waals surface area contributed by atoms with Gasteiger partial charge in [0.05, 0.1) is 19.1 Å². The number of methoxy groups -OCH3 is 1. The lowest BCUT2D eigenvalue weighted by Crippen LogP contribution is -2.24. The molecule has 162 valence electrons. The van der Waals surface area contributed by atoms with Gasteiger partial charge in [0.25, 0.3) is 5.91 Å². The lowest BCUT2D eigenvalue weighted by molar-refractivity contribution is -0.115. The summed E-state index contributed by atoms with van der Waals surface area (Å²) in [5.41, 5.74) is 1.55. The predicted octanol–water partition coefficient (Wildman–Crippen LogP) is 3.23. The summed E-state index contributed by atoms with van der Waals surface area (Å²) < 4.78 is 44.0. The number of amides is 1. The highest BCUT2D eigenvalue weighted by atomic mass is 32.2. The van der Waals surface area contributed by atoms with E-state index in [0.29, 0.717) is 17.0 Å². The third-order valence-corrected chi connectivity index (χ3v) is 4.79. The Morgan fingerprint density at radius 1 is 1.23 bits per heavy atom. The molecular formula is C21H26FN3O4S. The van der Waals surface area contributed by atoms with Gasteiger partial charge in [-0.15, -0.1) is 0 Å². The first-order valence-electron chi connectivity index (χ1n) is 9.11. The molecule has 0 unspecified atom stereocenters. The highest BCUT2D eigenvalue weighted by molar-refractivity contribution is 7.92. The van der Waals surface area contributed by atoms with E-state index in [9.17, 15) is 17.6 Å². The van der Waals surface area contributed by atoms with Crippen LogP contribution in [0, 0.1) is 5.82 Å². The van der Waals surface area contributed by atoms with Crippen molar-refractivity contribution in [1.29, 1.82) is 0 Å². The largest absolute Gasteiger partial charge is 0.481 e. The van der Waals surface area contributed by atoms with E-state index in [-0.39, 0.29) is 23.2 Å². The van der Waals surface area contributed by atoms with Crippen LogP contribution in [0.2, 0.25) is 0 Å². The standard InChI is InChI=1S/C21H26FN3O4S/c1-13(15-8-10-18(21(2,3)4)24-20(15)29-5)19(26)23-12-14-7-9-17(16(22)11-14)25-30(6,27)28/h7-11,25H,1,12H2,2-6H3,(H,23,26). The summed E-state index contributed by atoms with van der Waals surface area (Å²) in [4.78, 5) is 17.0. The molecule has 1 aromatic carbocycles. The third kappa shape index (κ3) is 6.03. The number of anilines is 1. The zero-order chi connectivity index (χ0) is 22.7. The number of hydrogen-bond donors (Lipinski definition) is 2. The minimum absolute atomic E-state index is 0.0315. The predicted molar refractivity (Wildman–Crippen MR) is 115 cm³/mol. The van der Waals surface area contributed by atoms with Gasteiger partial charge < -0.3 is 10.1 Å². The molecule has 0 radical (unpaired) electrons. The van der Waals surface area contributed by atoms with E-state index in [4.69, 9.17) is 4.74 Å². The molecule has 1 heterocycles. The van der Waals surface area contributed by atoms with Crippen molar-refractivity contribution in [3.63, 3.8) is 0 Å². The van der Waals surface area contributed by atoms with E-state index in [1.165, 1.54) is 19.2 Å². The Morgan fingerprint density at radius 2 is 1.90 bits per heavy atom. The zero-order valence-corrected chi connectivity index (χ0v) is 18.5. The minimum Gasteiger partial charge on any atom is -0.481 e. The smallest absolute Gasteiger partial charge is 0.251 e. The van der Waals surface area contributed by atoms with Crippen molar-refractivity contribution >= 4 is 27.2 Å². The summed E-state index contributed by atoms with van der Waals surface area (Å²) >= 11 is 0. The fourth-order valence-electron chi connectivity index (χ4n) is 2.61. The molecule has 0 saturated heterocycles. The highest BCUT2D eigenvalue weighted by Gasteiger charge is 2.21. The number of benzene rings is 1.